The quantitative estimate of drug-likeness (QED) is 0.716. The van der Waals surface area contributed by atoms with Gasteiger partial charge < -0.3 is 10.4 Å². The second kappa shape index (κ2) is 8.55. The summed E-state index contributed by atoms with van der Waals surface area (Å²) in [7, 11) is 0. The smallest absolute Gasteiger partial charge is 0.416 e. The molecule has 0 radical (unpaired) electrons. The van der Waals surface area contributed by atoms with Crippen molar-refractivity contribution in [3.8, 4) is 0 Å². The van der Waals surface area contributed by atoms with E-state index in [0.29, 0.717) is 24.9 Å². The van der Waals surface area contributed by atoms with Crippen molar-refractivity contribution in [3.63, 3.8) is 0 Å². The second-order valence-corrected chi connectivity index (χ2v) is 5.43. The molecular weight excluding hydrogens is 311 g/mol. The normalized spacial score (nSPS) is 12.7. The van der Waals surface area contributed by atoms with Crippen LogP contribution in [0.3, 0.4) is 0 Å². The van der Waals surface area contributed by atoms with Crippen LogP contribution in [-0.4, -0.2) is 23.5 Å². The number of hydrogen-bond donors (Lipinski definition) is 2. The number of rotatable bonds is 8. The molecule has 1 unspecified atom stereocenters. The van der Waals surface area contributed by atoms with E-state index < -0.39 is 17.7 Å². The largest absolute Gasteiger partial charge is 0.481 e. The Labute approximate surface area is 132 Å². The lowest BCUT2D eigenvalue weighted by molar-refractivity contribution is -0.138. The van der Waals surface area contributed by atoms with Crippen molar-refractivity contribution in [2.75, 3.05) is 6.54 Å². The van der Waals surface area contributed by atoms with E-state index in [9.17, 15) is 22.8 Å². The Bertz CT molecular complexity index is 544. The number of benzene rings is 1. The van der Waals surface area contributed by atoms with Gasteiger partial charge in [-0.25, -0.2) is 0 Å². The molecule has 1 aromatic rings. The SMILES string of the molecule is CC(CC(=O)NCCCCC(=O)O)c1cccc(C(F)(F)F)c1. The number of hydrogen-bond acceptors (Lipinski definition) is 2. The minimum atomic E-state index is -4.40. The van der Waals surface area contributed by atoms with Crippen molar-refractivity contribution >= 4 is 11.9 Å². The maximum Gasteiger partial charge on any atom is 0.416 e. The summed E-state index contributed by atoms with van der Waals surface area (Å²) in [5, 5.41) is 11.1. The summed E-state index contributed by atoms with van der Waals surface area (Å²) in [5.74, 6) is -1.48. The predicted molar refractivity (Wildman–Crippen MR) is 79.0 cm³/mol. The summed E-state index contributed by atoms with van der Waals surface area (Å²) >= 11 is 0. The Morgan fingerprint density at radius 1 is 1.26 bits per heavy atom. The van der Waals surface area contributed by atoms with Gasteiger partial charge in [0.15, 0.2) is 0 Å². The van der Waals surface area contributed by atoms with Crippen LogP contribution in [0.2, 0.25) is 0 Å². The fourth-order valence-corrected chi connectivity index (χ4v) is 2.12. The number of aliphatic carboxylic acids is 1. The van der Waals surface area contributed by atoms with Gasteiger partial charge in [-0.3, -0.25) is 9.59 Å². The summed E-state index contributed by atoms with van der Waals surface area (Å²) in [6.45, 7) is 2.06. The van der Waals surface area contributed by atoms with Crippen molar-refractivity contribution in [3.05, 3.63) is 35.4 Å². The van der Waals surface area contributed by atoms with Gasteiger partial charge in [0, 0.05) is 19.4 Å². The lowest BCUT2D eigenvalue weighted by Crippen LogP contribution is -2.25. The topological polar surface area (TPSA) is 66.4 Å². The fraction of sp³-hybridized carbons (Fsp3) is 0.500. The highest BCUT2D eigenvalue weighted by Gasteiger charge is 2.30. The highest BCUT2D eigenvalue weighted by Crippen LogP contribution is 2.31. The van der Waals surface area contributed by atoms with E-state index in [-0.39, 0.29) is 24.7 Å². The number of carboxylic acids is 1. The van der Waals surface area contributed by atoms with Gasteiger partial charge in [-0.2, -0.15) is 13.2 Å². The van der Waals surface area contributed by atoms with Gasteiger partial charge in [0.25, 0.3) is 0 Å². The average Bonchev–Trinajstić information content (AvgIpc) is 2.45. The van der Waals surface area contributed by atoms with Crippen LogP contribution in [0.4, 0.5) is 13.2 Å². The van der Waals surface area contributed by atoms with Gasteiger partial charge in [0.2, 0.25) is 5.91 Å². The second-order valence-electron chi connectivity index (χ2n) is 5.43. The number of carbonyl (C=O) groups excluding carboxylic acids is 1. The van der Waals surface area contributed by atoms with Gasteiger partial charge >= 0.3 is 12.1 Å². The maximum atomic E-state index is 12.7. The van der Waals surface area contributed by atoms with Crippen LogP contribution in [0.5, 0.6) is 0 Å². The fourth-order valence-electron chi connectivity index (χ4n) is 2.12. The molecular formula is C16H20F3NO3. The molecule has 128 valence electrons. The lowest BCUT2D eigenvalue weighted by atomic mass is 9.95. The molecule has 0 heterocycles. The summed E-state index contributed by atoms with van der Waals surface area (Å²) < 4.78 is 38.0. The number of alkyl halides is 3. The standard InChI is InChI=1S/C16H20F3NO3/c1-11(9-14(21)20-8-3-2-7-15(22)23)12-5-4-6-13(10-12)16(17,18)19/h4-6,10-11H,2-3,7-9H2,1H3,(H,20,21)(H,22,23). The first-order valence-electron chi connectivity index (χ1n) is 7.36. The van der Waals surface area contributed by atoms with Crippen LogP contribution in [0.25, 0.3) is 0 Å². The summed E-state index contributed by atoms with van der Waals surface area (Å²) in [6.07, 6.45) is -3.24. The number of carbonyl (C=O) groups is 2. The number of halogens is 3. The number of amides is 1. The monoisotopic (exact) mass is 331 g/mol. The van der Waals surface area contributed by atoms with Gasteiger partial charge in [-0.05, 0) is 30.4 Å². The average molecular weight is 331 g/mol. The first kappa shape index (κ1) is 19.0. The van der Waals surface area contributed by atoms with Crippen molar-refractivity contribution < 1.29 is 27.9 Å². The molecule has 0 fully saturated rings. The van der Waals surface area contributed by atoms with Crippen molar-refractivity contribution in [2.45, 2.75) is 44.7 Å². The Hall–Kier alpha value is -2.05. The zero-order chi connectivity index (χ0) is 17.5. The highest BCUT2D eigenvalue weighted by molar-refractivity contribution is 5.76. The molecule has 7 heteroatoms. The van der Waals surface area contributed by atoms with E-state index in [1.54, 1.807) is 13.0 Å². The predicted octanol–water partition coefficient (Wildman–Crippen LogP) is 3.57. The molecule has 0 saturated heterocycles. The van der Waals surface area contributed by atoms with Crippen LogP contribution in [0.15, 0.2) is 24.3 Å². The molecule has 0 aliphatic heterocycles. The van der Waals surface area contributed by atoms with Gasteiger partial charge in [-0.1, -0.05) is 25.1 Å². The zero-order valence-electron chi connectivity index (χ0n) is 12.8. The van der Waals surface area contributed by atoms with Crippen LogP contribution in [0, 0.1) is 0 Å². The third-order valence-electron chi connectivity index (χ3n) is 3.41. The Morgan fingerprint density at radius 2 is 1.96 bits per heavy atom. The number of unbranched alkanes of at least 4 members (excludes halogenated alkanes) is 1. The molecule has 0 aliphatic carbocycles. The summed E-state index contributed by atoms with van der Waals surface area (Å²) in [5.41, 5.74) is -0.267. The zero-order valence-corrected chi connectivity index (χ0v) is 12.8. The molecule has 0 aromatic heterocycles. The van der Waals surface area contributed by atoms with E-state index in [1.807, 2.05) is 0 Å². The number of carboxylic acid groups (broad SMARTS) is 1. The first-order chi connectivity index (χ1) is 10.7. The van der Waals surface area contributed by atoms with Crippen LogP contribution >= 0.6 is 0 Å². The van der Waals surface area contributed by atoms with Crippen molar-refractivity contribution in [1.29, 1.82) is 0 Å². The van der Waals surface area contributed by atoms with Gasteiger partial charge in [0.1, 0.15) is 0 Å². The van der Waals surface area contributed by atoms with E-state index in [2.05, 4.69) is 5.32 Å². The number of nitrogens with one attached hydrogen (secondary N) is 1. The summed E-state index contributed by atoms with van der Waals surface area (Å²) in [6, 6.07) is 4.96. The molecule has 1 aromatic carbocycles. The van der Waals surface area contributed by atoms with Gasteiger partial charge in [0.05, 0.1) is 5.56 Å². The Balaban J connectivity index is 2.45. The van der Waals surface area contributed by atoms with Crippen molar-refractivity contribution in [2.24, 2.45) is 0 Å². The van der Waals surface area contributed by atoms with E-state index in [4.69, 9.17) is 5.11 Å². The highest BCUT2D eigenvalue weighted by atomic mass is 19.4. The molecule has 1 rings (SSSR count). The maximum absolute atomic E-state index is 12.7. The summed E-state index contributed by atoms with van der Waals surface area (Å²) in [4.78, 5) is 22.1. The van der Waals surface area contributed by atoms with Gasteiger partial charge in [-0.15, -0.1) is 0 Å². The molecule has 0 aliphatic rings. The van der Waals surface area contributed by atoms with Crippen molar-refractivity contribution in [1.82, 2.24) is 5.32 Å². The Kier molecular flexibility index (Phi) is 7.06. The molecule has 1 amide bonds. The van der Waals surface area contributed by atoms with E-state index >= 15 is 0 Å². The third kappa shape index (κ3) is 7.17. The molecule has 0 bridgehead atoms. The molecule has 2 N–H and O–H groups in total. The molecule has 23 heavy (non-hydrogen) atoms. The molecule has 0 saturated carbocycles. The lowest BCUT2D eigenvalue weighted by Gasteiger charge is -2.14. The van der Waals surface area contributed by atoms with Crippen LogP contribution in [0.1, 0.15) is 49.7 Å². The van der Waals surface area contributed by atoms with E-state index in [1.165, 1.54) is 6.07 Å². The third-order valence-corrected chi connectivity index (χ3v) is 3.41. The minimum absolute atomic E-state index is 0.0521. The van der Waals surface area contributed by atoms with Crippen LogP contribution < -0.4 is 5.32 Å². The molecule has 4 nitrogen and oxygen atoms in total. The van der Waals surface area contributed by atoms with Crippen LogP contribution in [-0.2, 0) is 15.8 Å². The Morgan fingerprint density at radius 3 is 2.57 bits per heavy atom. The molecule has 0 spiro atoms. The first-order valence-corrected chi connectivity index (χ1v) is 7.36. The molecule has 1 atom stereocenters. The van der Waals surface area contributed by atoms with E-state index in [0.717, 1.165) is 12.1 Å². The minimum Gasteiger partial charge on any atom is -0.481 e.